The summed E-state index contributed by atoms with van der Waals surface area (Å²) in [6.07, 6.45) is 0. The summed E-state index contributed by atoms with van der Waals surface area (Å²) in [6.45, 7) is 7.24. The largest absolute Gasteiger partial charge is 0.494 e. The van der Waals surface area contributed by atoms with Crippen LogP contribution < -0.4 is 15.4 Å². The molecule has 0 heterocycles. The fourth-order valence-corrected chi connectivity index (χ4v) is 1.72. The quantitative estimate of drug-likeness (QED) is 0.682. The highest BCUT2D eigenvalue weighted by atomic mass is 35.5. The van der Waals surface area contributed by atoms with Crippen LogP contribution in [-0.4, -0.2) is 45.9 Å². The Morgan fingerprint density at radius 3 is 2.67 bits per heavy atom. The van der Waals surface area contributed by atoms with Crippen LogP contribution in [0.2, 0.25) is 0 Å². The first-order chi connectivity index (χ1) is 9.69. The topological polar surface area (TPSA) is 59.6 Å². The molecule has 120 valence electrons. The van der Waals surface area contributed by atoms with E-state index in [0.29, 0.717) is 25.3 Å². The molecule has 6 heteroatoms. The lowest BCUT2D eigenvalue weighted by atomic mass is 10.1. The number of hydrogen-bond acceptors (Lipinski definition) is 4. The predicted molar refractivity (Wildman–Crippen MR) is 86.7 cm³/mol. The van der Waals surface area contributed by atoms with Gasteiger partial charge in [-0.1, -0.05) is 6.07 Å². The van der Waals surface area contributed by atoms with E-state index in [1.54, 1.807) is 13.2 Å². The molecular weight excluding hydrogens is 292 g/mol. The number of halogens is 1. The molecule has 1 rings (SSSR count). The van der Waals surface area contributed by atoms with E-state index in [9.17, 15) is 4.79 Å². The van der Waals surface area contributed by atoms with Crippen molar-refractivity contribution in [3.8, 4) is 5.75 Å². The standard InChI is InChI=1S/C15H24N2O3.ClH/c1-4-20-14-11-13(6-5-12(14)2)15(18)17-8-7-16-9-10-19-3;/h5-6,11,16H,4,7-10H2,1-3H3,(H,17,18);1H. The summed E-state index contributed by atoms with van der Waals surface area (Å²) < 4.78 is 10.4. The smallest absolute Gasteiger partial charge is 0.251 e. The third kappa shape index (κ3) is 7.32. The Morgan fingerprint density at radius 1 is 1.24 bits per heavy atom. The Hall–Kier alpha value is -1.30. The van der Waals surface area contributed by atoms with Crippen molar-refractivity contribution in [3.05, 3.63) is 29.3 Å². The maximum atomic E-state index is 12.0. The summed E-state index contributed by atoms with van der Waals surface area (Å²) >= 11 is 0. The molecular formula is C15H25ClN2O3. The number of ether oxygens (including phenoxy) is 2. The summed E-state index contributed by atoms with van der Waals surface area (Å²) in [7, 11) is 1.66. The van der Waals surface area contributed by atoms with E-state index < -0.39 is 0 Å². The lowest BCUT2D eigenvalue weighted by Crippen LogP contribution is -2.33. The molecule has 0 unspecified atom stereocenters. The second-order valence-electron chi connectivity index (χ2n) is 4.41. The predicted octanol–water partition coefficient (Wildman–Crippen LogP) is 1.78. The third-order valence-corrected chi connectivity index (χ3v) is 2.82. The zero-order valence-electron chi connectivity index (χ0n) is 12.9. The maximum Gasteiger partial charge on any atom is 0.251 e. The van der Waals surface area contributed by atoms with E-state index in [1.807, 2.05) is 26.0 Å². The Morgan fingerprint density at radius 2 is 2.00 bits per heavy atom. The van der Waals surface area contributed by atoms with Crippen LogP contribution in [-0.2, 0) is 4.74 Å². The van der Waals surface area contributed by atoms with Gasteiger partial charge in [-0.3, -0.25) is 4.79 Å². The summed E-state index contributed by atoms with van der Waals surface area (Å²) in [5.41, 5.74) is 1.65. The van der Waals surface area contributed by atoms with Gasteiger partial charge in [0.2, 0.25) is 0 Å². The Kier molecular flexibility index (Phi) is 10.7. The number of carbonyl (C=O) groups is 1. The highest BCUT2D eigenvalue weighted by molar-refractivity contribution is 5.94. The molecule has 0 aliphatic carbocycles. The Balaban J connectivity index is 0.00000400. The first-order valence-electron chi connectivity index (χ1n) is 6.90. The second-order valence-corrected chi connectivity index (χ2v) is 4.41. The van der Waals surface area contributed by atoms with Crippen LogP contribution in [0.4, 0.5) is 0 Å². The van der Waals surface area contributed by atoms with E-state index in [2.05, 4.69) is 10.6 Å². The number of rotatable bonds is 9. The second kappa shape index (κ2) is 11.4. The van der Waals surface area contributed by atoms with Gasteiger partial charge in [-0.05, 0) is 31.5 Å². The summed E-state index contributed by atoms with van der Waals surface area (Å²) in [4.78, 5) is 12.0. The minimum atomic E-state index is -0.0838. The van der Waals surface area contributed by atoms with Gasteiger partial charge in [0.25, 0.3) is 5.91 Å². The molecule has 2 N–H and O–H groups in total. The SMILES string of the molecule is CCOc1cc(C(=O)NCCNCCOC)ccc1C.Cl. The van der Waals surface area contributed by atoms with Gasteiger partial charge in [0.1, 0.15) is 5.75 Å². The van der Waals surface area contributed by atoms with Crippen LogP contribution in [0, 0.1) is 6.92 Å². The van der Waals surface area contributed by atoms with Gasteiger partial charge < -0.3 is 20.1 Å². The summed E-state index contributed by atoms with van der Waals surface area (Å²) in [5, 5.41) is 6.04. The van der Waals surface area contributed by atoms with E-state index in [4.69, 9.17) is 9.47 Å². The summed E-state index contributed by atoms with van der Waals surface area (Å²) in [5.74, 6) is 0.679. The summed E-state index contributed by atoms with van der Waals surface area (Å²) in [6, 6.07) is 5.49. The number of hydrogen-bond donors (Lipinski definition) is 2. The average Bonchev–Trinajstić information content (AvgIpc) is 2.45. The van der Waals surface area contributed by atoms with Crippen LogP contribution in [0.15, 0.2) is 18.2 Å². The lowest BCUT2D eigenvalue weighted by molar-refractivity contribution is 0.0953. The Bertz CT molecular complexity index is 427. The molecule has 1 aromatic carbocycles. The van der Waals surface area contributed by atoms with Crippen LogP contribution in [0.5, 0.6) is 5.75 Å². The average molecular weight is 317 g/mol. The van der Waals surface area contributed by atoms with Crippen molar-refractivity contribution in [2.75, 3.05) is 40.0 Å². The fourth-order valence-electron chi connectivity index (χ4n) is 1.72. The van der Waals surface area contributed by atoms with Crippen LogP contribution >= 0.6 is 12.4 Å². The molecule has 0 aliphatic rings. The normalized spacial score (nSPS) is 9.86. The molecule has 1 aromatic rings. The van der Waals surface area contributed by atoms with Crippen molar-refractivity contribution in [1.29, 1.82) is 0 Å². The lowest BCUT2D eigenvalue weighted by Gasteiger charge is -2.10. The van der Waals surface area contributed by atoms with Gasteiger partial charge in [0.15, 0.2) is 0 Å². The molecule has 0 spiro atoms. The maximum absolute atomic E-state index is 12.0. The van der Waals surface area contributed by atoms with Gasteiger partial charge in [0, 0.05) is 32.3 Å². The number of aryl methyl sites for hydroxylation is 1. The zero-order chi connectivity index (χ0) is 14.8. The first-order valence-corrected chi connectivity index (χ1v) is 6.90. The molecule has 0 atom stereocenters. The van der Waals surface area contributed by atoms with E-state index in [1.165, 1.54) is 0 Å². The monoisotopic (exact) mass is 316 g/mol. The number of carbonyl (C=O) groups excluding carboxylic acids is 1. The van der Waals surface area contributed by atoms with Crippen molar-refractivity contribution < 1.29 is 14.3 Å². The van der Waals surface area contributed by atoms with Crippen LogP contribution in [0.25, 0.3) is 0 Å². The molecule has 0 radical (unpaired) electrons. The van der Waals surface area contributed by atoms with E-state index in [0.717, 1.165) is 24.4 Å². The minimum Gasteiger partial charge on any atom is -0.494 e. The van der Waals surface area contributed by atoms with Gasteiger partial charge >= 0.3 is 0 Å². The van der Waals surface area contributed by atoms with Gasteiger partial charge in [-0.2, -0.15) is 0 Å². The molecule has 0 aliphatic heterocycles. The number of nitrogens with one attached hydrogen (secondary N) is 2. The van der Waals surface area contributed by atoms with Crippen LogP contribution in [0.3, 0.4) is 0 Å². The fraction of sp³-hybridized carbons (Fsp3) is 0.533. The van der Waals surface area contributed by atoms with E-state index in [-0.39, 0.29) is 18.3 Å². The van der Waals surface area contributed by atoms with Gasteiger partial charge in [0.05, 0.1) is 13.2 Å². The molecule has 0 bridgehead atoms. The van der Waals surface area contributed by atoms with Crippen molar-refractivity contribution in [2.45, 2.75) is 13.8 Å². The van der Waals surface area contributed by atoms with E-state index >= 15 is 0 Å². The van der Waals surface area contributed by atoms with Crippen molar-refractivity contribution >= 4 is 18.3 Å². The molecule has 0 saturated heterocycles. The molecule has 0 saturated carbocycles. The van der Waals surface area contributed by atoms with Crippen molar-refractivity contribution in [2.24, 2.45) is 0 Å². The highest BCUT2D eigenvalue weighted by Crippen LogP contribution is 2.19. The zero-order valence-corrected chi connectivity index (χ0v) is 13.7. The third-order valence-electron chi connectivity index (χ3n) is 2.82. The number of methoxy groups -OCH3 is 1. The molecule has 1 amide bonds. The number of amides is 1. The molecule has 21 heavy (non-hydrogen) atoms. The first kappa shape index (κ1) is 19.7. The van der Waals surface area contributed by atoms with Gasteiger partial charge in [-0.15, -0.1) is 12.4 Å². The minimum absolute atomic E-state index is 0. The van der Waals surface area contributed by atoms with Crippen molar-refractivity contribution in [3.63, 3.8) is 0 Å². The Labute approximate surface area is 132 Å². The van der Waals surface area contributed by atoms with Crippen LogP contribution in [0.1, 0.15) is 22.8 Å². The molecule has 5 nitrogen and oxygen atoms in total. The molecule has 0 aromatic heterocycles. The molecule has 0 fully saturated rings. The van der Waals surface area contributed by atoms with Crippen molar-refractivity contribution in [1.82, 2.24) is 10.6 Å². The van der Waals surface area contributed by atoms with Gasteiger partial charge in [-0.25, -0.2) is 0 Å². The number of benzene rings is 1. The highest BCUT2D eigenvalue weighted by Gasteiger charge is 2.08.